The minimum absolute atomic E-state index is 0.923. The highest BCUT2D eigenvalue weighted by Gasteiger charge is 2.07. The molecule has 0 aliphatic heterocycles. The Labute approximate surface area is 96.4 Å². The van der Waals surface area contributed by atoms with E-state index in [1.807, 2.05) is 12.1 Å². The molecule has 2 rings (SSSR count). The van der Waals surface area contributed by atoms with Crippen molar-refractivity contribution in [3.63, 3.8) is 0 Å². The van der Waals surface area contributed by atoms with E-state index in [0.717, 1.165) is 17.6 Å². The second-order valence-corrected chi connectivity index (χ2v) is 3.96. The van der Waals surface area contributed by atoms with E-state index < -0.39 is 0 Å². The van der Waals surface area contributed by atoms with Gasteiger partial charge in [-0.3, -0.25) is 0 Å². The molecule has 0 aliphatic carbocycles. The molecule has 16 heavy (non-hydrogen) atoms. The molecule has 1 heteroatoms. The van der Waals surface area contributed by atoms with E-state index in [9.17, 15) is 0 Å². The van der Waals surface area contributed by atoms with Gasteiger partial charge in [0.05, 0.1) is 0 Å². The number of nitrogens with zero attached hydrogens (tertiary/aromatic N) is 1. The lowest BCUT2D eigenvalue weighted by atomic mass is 10.1. The van der Waals surface area contributed by atoms with Crippen molar-refractivity contribution >= 4 is 16.5 Å². The van der Waals surface area contributed by atoms with E-state index >= 15 is 0 Å². The summed E-state index contributed by atoms with van der Waals surface area (Å²) in [6, 6.07) is 8.24. The summed E-state index contributed by atoms with van der Waals surface area (Å²) < 4.78 is 2.17. The summed E-state index contributed by atoms with van der Waals surface area (Å²) in [5, 5.41) is 1.18. The lowest BCUT2D eigenvalue weighted by Gasteiger charge is -2.04. The molecule has 0 fully saturated rings. The van der Waals surface area contributed by atoms with Crippen molar-refractivity contribution < 1.29 is 0 Å². The molecule has 0 spiro atoms. The van der Waals surface area contributed by atoms with Crippen LogP contribution in [0.4, 0.5) is 0 Å². The third kappa shape index (κ3) is 1.53. The van der Waals surface area contributed by atoms with E-state index in [2.05, 4.69) is 43.2 Å². The van der Waals surface area contributed by atoms with Crippen LogP contribution in [0.1, 0.15) is 24.6 Å². The van der Waals surface area contributed by atoms with Gasteiger partial charge in [0.25, 0.3) is 0 Å². The average molecular weight is 209 g/mol. The van der Waals surface area contributed by atoms with E-state index in [1.54, 1.807) is 0 Å². The highest BCUT2D eigenvalue weighted by Crippen LogP contribution is 2.25. The second-order valence-electron chi connectivity index (χ2n) is 3.96. The fourth-order valence-electron chi connectivity index (χ4n) is 1.96. The molecule has 0 bridgehead atoms. The zero-order chi connectivity index (χ0) is 11.7. The van der Waals surface area contributed by atoms with Crippen molar-refractivity contribution in [3.05, 3.63) is 42.1 Å². The summed E-state index contributed by atoms with van der Waals surface area (Å²) in [6.45, 7) is 6.20. The highest BCUT2D eigenvalue weighted by atomic mass is 14.9. The highest BCUT2D eigenvalue weighted by molar-refractivity contribution is 5.86. The molecule has 0 aliphatic rings. The summed E-state index contributed by atoms with van der Waals surface area (Å²) in [7, 11) is 2.06. The molecular formula is C15H15N. The van der Waals surface area contributed by atoms with E-state index in [1.165, 1.54) is 16.6 Å². The Bertz CT molecular complexity index is 594. The zero-order valence-corrected chi connectivity index (χ0v) is 9.75. The van der Waals surface area contributed by atoms with Crippen LogP contribution < -0.4 is 0 Å². The number of hydrogen-bond acceptors (Lipinski definition) is 0. The first kappa shape index (κ1) is 10.6. The van der Waals surface area contributed by atoms with Crippen LogP contribution in [-0.4, -0.2) is 4.57 Å². The predicted molar refractivity (Wildman–Crippen MR) is 70.2 cm³/mol. The van der Waals surface area contributed by atoms with Gasteiger partial charge in [-0.05, 0) is 36.3 Å². The fraction of sp³-hybridized carbons (Fsp3) is 0.200. The van der Waals surface area contributed by atoms with E-state index in [0.29, 0.717) is 0 Å². The standard InChI is InChI=1S/C15H15N/c1-5-11(3)15-10-13-9-12(6-2)7-8-14(13)16(15)4/h2,7-10H,3,5H2,1,4H3. The maximum Gasteiger partial charge on any atom is 0.0483 e. The van der Waals surface area contributed by atoms with Crippen LogP contribution in [0.5, 0.6) is 0 Å². The largest absolute Gasteiger partial charge is 0.344 e. The lowest BCUT2D eigenvalue weighted by Crippen LogP contribution is -1.93. The molecule has 80 valence electrons. The van der Waals surface area contributed by atoms with Gasteiger partial charge in [0, 0.05) is 29.2 Å². The molecule has 1 aromatic carbocycles. The number of benzene rings is 1. The van der Waals surface area contributed by atoms with Crippen LogP contribution in [0.3, 0.4) is 0 Å². The lowest BCUT2D eigenvalue weighted by molar-refractivity contribution is 0.938. The first-order valence-electron chi connectivity index (χ1n) is 5.41. The van der Waals surface area contributed by atoms with Crippen molar-refractivity contribution in [1.82, 2.24) is 4.57 Å². The van der Waals surface area contributed by atoms with Gasteiger partial charge in [0.2, 0.25) is 0 Å². The summed E-state index contributed by atoms with van der Waals surface area (Å²) in [5.41, 5.74) is 4.46. The van der Waals surface area contributed by atoms with Gasteiger partial charge in [-0.1, -0.05) is 19.4 Å². The van der Waals surface area contributed by atoms with Gasteiger partial charge >= 0.3 is 0 Å². The number of aryl methyl sites for hydroxylation is 1. The number of fused-ring (bicyclic) bond motifs is 1. The molecule has 0 saturated carbocycles. The van der Waals surface area contributed by atoms with Crippen molar-refractivity contribution in [2.75, 3.05) is 0 Å². The molecule has 0 radical (unpaired) electrons. The average Bonchev–Trinajstić information content (AvgIpc) is 2.65. The molecule has 1 aromatic heterocycles. The van der Waals surface area contributed by atoms with Crippen molar-refractivity contribution in [2.24, 2.45) is 7.05 Å². The SMILES string of the molecule is C#Cc1ccc2c(c1)cc(C(=C)CC)n2C. The molecule has 0 saturated heterocycles. The van der Waals surface area contributed by atoms with Gasteiger partial charge in [-0.25, -0.2) is 0 Å². The zero-order valence-electron chi connectivity index (χ0n) is 9.75. The van der Waals surface area contributed by atoms with Gasteiger partial charge < -0.3 is 4.57 Å². The topological polar surface area (TPSA) is 4.93 Å². The van der Waals surface area contributed by atoms with Crippen LogP contribution in [0.15, 0.2) is 30.8 Å². The second kappa shape index (κ2) is 3.90. The normalized spacial score (nSPS) is 10.3. The van der Waals surface area contributed by atoms with Crippen LogP contribution in [-0.2, 0) is 7.05 Å². The molecular weight excluding hydrogens is 194 g/mol. The predicted octanol–water partition coefficient (Wildman–Crippen LogP) is 3.58. The molecule has 0 N–H and O–H groups in total. The Morgan fingerprint density at radius 1 is 1.44 bits per heavy atom. The van der Waals surface area contributed by atoms with Crippen LogP contribution in [0.25, 0.3) is 16.5 Å². The van der Waals surface area contributed by atoms with Crippen LogP contribution >= 0.6 is 0 Å². The summed E-state index contributed by atoms with van der Waals surface area (Å²) in [5.74, 6) is 2.66. The molecule has 1 heterocycles. The van der Waals surface area contributed by atoms with Crippen LogP contribution in [0.2, 0.25) is 0 Å². The first-order valence-corrected chi connectivity index (χ1v) is 5.41. The molecule has 0 unspecified atom stereocenters. The van der Waals surface area contributed by atoms with Crippen molar-refractivity contribution in [3.8, 4) is 12.3 Å². The Morgan fingerprint density at radius 2 is 2.19 bits per heavy atom. The first-order chi connectivity index (χ1) is 7.67. The van der Waals surface area contributed by atoms with Gasteiger partial charge in [0.15, 0.2) is 0 Å². The smallest absolute Gasteiger partial charge is 0.0483 e. The van der Waals surface area contributed by atoms with Gasteiger partial charge in [-0.15, -0.1) is 6.42 Å². The van der Waals surface area contributed by atoms with Crippen molar-refractivity contribution in [1.29, 1.82) is 0 Å². The van der Waals surface area contributed by atoms with E-state index in [4.69, 9.17) is 6.42 Å². The Hall–Kier alpha value is -1.94. The Kier molecular flexibility index (Phi) is 2.58. The molecule has 1 nitrogen and oxygen atoms in total. The van der Waals surface area contributed by atoms with Gasteiger partial charge in [-0.2, -0.15) is 0 Å². The minimum atomic E-state index is 0.923. The molecule has 0 atom stereocenters. The van der Waals surface area contributed by atoms with E-state index in [-0.39, 0.29) is 0 Å². The van der Waals surface area contributed by atoms with Crippen molar-refractivity contribution in [2.45, 2.75) is 13.3 Å². The summed E-state index contributed by atoms with van der Waals surface area (Å²) in [6.07, 6.45) is 6.36. The monoisotopic (exact) mass is 209 g/mol. The third-order valence-electron chi connectivity index (χ3n) is 3.00. The summed E-state index contributed by atoms with van der Waals surface area (Å²) >= 11 is 0. The Balaban J connectivity index is 2.68. The number of hydrogen-bond donors (Lipinski definition) is 0. The number of aromatic nitrogens is 1. The fourth-order valence-corrected chi connectivity index (χ4v) is 1.96. The summed E-state index contributed by atoms with van der Waals surface area (Å²) in [4.78, 5) is 0. The maximum atomic E-state index is 5.40. The van der Waals surface area contributed by atoms with Crippen LogP contribution in [0, 0.1) is 12.3 Å². The minimum Gasteiger partial charge on any atom is -0.344 e. The molecule has 2 aromatic rings. The molecule has 0 amide bonds. The van der Waals surface area contributed by atoms with Gasteiger partial charge in [0.1, 0.15) is 0 Å². The maximum absolute atomic E-state index is 5.40. The number of allylic oxidation sites excluding steroid dienone is 1. The quantitative estimate of drug-likeness (QED) is 0.666. The number of rotatable bonds is 2. The third-order valence-corrected chi connectivity index (χ3v) is 3.00. The number of terminal acetylenes is 1. The Morgan fingerprint density at radius 3 is 2.81 bits per heavy atom.